The zero-order valence-corrected chi connectivity index (χ0v) is 17.2. The highest BCUT2D eigenvalue weighted by Crippen LogP contribution is 2.39. The van der Waals surface area contributed by atoms with Crippen molar-refractivity contribution in [2.45, 2.75) is 49.7 Å². The molecule has 28 heavy (non-hydrogen) atoms. The number of hydrogen-bond acceptors (Lipinski definition) is 4. The van der Waals surface area contributed by atoms with Crippen molar-refractivity contribution in [3.8, 4) is 0 Å². The van der Waals surface area contributed by atoms with Gasteiger partial charge in [-0.25, -0.2) is 0 Å². The van der Waals surface area contributed by atoms with Gasteiger partial charge in [0.15, 0.2) is 0 Å². The van der Waals surface area contributed by atoms with E-state index in [0.29, 0.717) is 11.1 Å². The lowest BCUT2D eigenvalue weighted by atomic mass is 9.79. The number of hydrogen-bond donors (Lipinski definition) is 0. The summed E-state index contributed by atoms with van der Waals surface area (Å²) in [4.78, 5) is 20.6. The Labute approximate surface area is 172 Å². The van der Waals surface area contributed by atoms with E-state index < -0.39 is 0 Å². The third kappa shape index (κ3) is 3.36. The van der Waals surface area contributed by atoms with Crippen LogP contribution in [0.5, 0.6) is 0 Å². The first-order chi connectivity index (χ1) is 13.6. The van der Waals surface area contributed by atoms with E-state index in [1.54, 1.807) is 12.1 Å². The minimum atomic E-state index is 0.103. The van der Waals surface area contributed by atoms with E-state index in [2.05, 4.69) is 14.7 Å². The Hall–Kier alpha value is -1.14. The summed E-state index contributed by atoms with van der Waals surface area (Å²) in [6, 6.07) is 8.36. The molecule has 6 heteroatoms. The molecular weight excluding hydrogens is 374 g/mol. The molecule has 4 fully saturated rings. The quantitative estimate of drug-likeness (QED) is 0.760. The number of rotatable bonds is 2. The number of likely N-dealkylation sites (tertiary alicyclic amines) is 1. The zero-order valence-electron chi connectivity index (χ0n) is 16.5. The number of nitrogens with zero attached hydrogens (tertiary/aromatic N) is 3. The van der Waals surface area contributed by atoms with Crippen molar-refractivity contribution in [1.82, 2.24) is 14.7 Å². The van der Waals surface area contributed by atoms with Crippen molar-refractivity contribution >= 4 is 17.5 Å². The van der Waals surface area contributed by atoms with Crippen molar-refractivity contribution in [1.29, 1.82) is 0 Å². The number of benzene rings is 1. The Morgan fingerprint density at radius 2 is 1.79 bits per heavy atom. The average molecular weight is 404 g/mol. The van der Waals surface area contributed by atoms with Crippen molar-refractivity contribution in [2.24, 2.45) is 0 Å². The monoisotopic (exact) mass is 403 g/mol. The molecule has 5 rings (SSSR count). The fourth-order valence-corrected chi connectivity index (χ4v) is 5.95. The molecule has 1 amide bonds. The molecule has 5 nitrogen and oxygen atoms in total. The summed E-state index contributed by atoms with van der Waals surface area (Å²) >= 11 is 6.01. The van der Waals surface area contributed by atoms with Gasteiger partial charge in [-0.1, -0.05) is 30.9 Å². The van der Waals surface area contributed by atoms with Crippen molar-refractivity contribution in [3.05, 3.63) is 34.9 Å². The lowest BCUT2D eigenvalue weighted by Crippen LogP contribution is -2.81. The van der Waals surface area contributed by atoms with Crippen molar-refractivity contribution in [2.75, 3.05) is 45.9 Å². The van der Waals surface area contributed by atoms with Gasteiger partial charge in [-0.05, 0) is 37.1 Å². The fraction of sp³-hybridized carbons (Fsp3) is 0.682. The molecule has 3 aliphatic heterocycles. The van der Waals surface area contributed by atoms with Crippen LogP contribution in [0.1, 0.15) is 42.5 Å². The fourth-order valence-electron chi connectivity index (χ4n) is 5.82. The average Bonchev–Trinajstić information content (AvgIpc) is 2.72. The molecule has 1 aromatic rings. The number of halogens is 1. The molecule has 0 radical (unpaired) electrons. The van der Waals surface area contributed by atoms with Crippen LogP contribution in [0.2, 0.25) is 5.02 Å². The number of carbonyl (C=O) groups is 1. The van der Waals surface area contributed by atoms with Crippen molar-refractivity contribution in [3.63, 3.8) is 0 Å². The molecular formula is C22H30ClN3O2. The van der Waals surface area contributed by atoms with E-state index in [9.17, 15) is 4.79 Å². The van der Waals surface area contributed by atoms with Crippen LogP contribution in [0, 0.1) is 0 Å². The van der Waals surface area contributed by atoms with Crippen LogP contribution in [-0.2, 0) is 4.74 Å². The van der Waals surface area contributed by atoms with E-state index in [0.717, 1.165) is 57.5 Å². The maximum absolute atomic E-state index is 13.2. The van der Waals surface area contributed by atoms with E-state index in [1.165, 1.54) is 32.1 Å². The van der Waals surface area contributed by atoms with E-state index in [1.807, 2.05) is 12.1 Å². The largest absolute Gasteiger partial charge is 0.378 e. The summed E-state index contributed by atoms with van der Waals surface area (Å²) < 4.78 is 5.78. The summed E-state index contributed by atoms with van der Waals surface area (Å²) in [7, 11) is 0. The predicted octanol–water partition coefficient (Wildman–Crippen LogP) is 2.88. The highest BCUT2D eigenvalue weighted by atomic mass is 35.5. The minimum Gasteiger partial charge on any atom is -0.378 e. The van der Waals surface area contributed by atoms with Gasteiger partial charge in [0.2, 0.25) is 0 Å². The molecule has 0 aromatic heterocycles. The van der Waals surface area contributed by atoms with Gasteiger partial charge in [-0.2, -0.15) is 0 Å². The highest BCUT2D eigenvalue weighted by molar-refractivity contribution is 6.30. The number of amides is 1. The van der Waals surface area contributed by atoms with Gasteiger partial charge < -0.3 is 9.64 Å². The topological polar surface area (TPSA) is 36.0 Å². The number of ether oxygens (including phenoxy) is 1. The molecule has 1 spiro atoms. The maximum Gasteiger partial charge on any atom is 0.253 e. The third-order valence-corrected chi connectivity index (χ3v) is 7.47. The van der Waals surface area contributed by atoms with E-state index in [-0.39, 0.29) is 11.4 Å². The first-order valence-electron chi connectivity index (χ1n) is 10.8. The number of fused-ring (bicyclic) bond motifs is 2. The Bertz CT molecular complexity index is 713. The number of morpholine rings is 1. The lowest BCUT2D eigenvalue weighted by Gasteiger charge is -2.64. The van der Waals surface area contributed by atoms with Gasteiger partial charge in [0.25, 0.3) is 5.91 Å². The van der Waals surface area contributed by atoms with Gasteiger partial charge in [0.1, 0.15) is 0 Å². The minimum absolute atomic E-state index is 0.103. The molecule has 3 saturated heterocycles. The summed E-state index contributed by atoms with van der Waals surface area (Å²) in [5.74, 6) is 0.123. The highest BCUT2D eigenvalue weighted by Gasteiger charge is 2.55. The molecule has 0 unspecified atom stereocenters. The Kier molecular flexibility index (Phi) is 5.12. The first-order valence-corrected chi connectivity index (χ1v) is 11.2. The van der Waals surface area contributed by atoms with Crippen molar-refractivity contribution < 1.29 is 9.53 Å². The van der Waals surface area contributed by atoms with Crippen LogP contribution >= 0.6 is 11.6 Å². The second-order valence-corrected chi connectivity index (χ2v) is 9.47. The number of piperazine rings is 1. The maximum atomic E-state index is 13.2. The normalized spacial score (nSPS) is 28.8. The Morgan fingerprint density at radius 3 is 2.54 bits per heavy atom. The predicted molar refractivity (Wildman–Crippen MR) is 110 cm³/mol. The van der Waals surface area contributed by atoms with E-state index >= 15 is 0 Å². The molecule has 4 aliphatic rings. The van der Waals surface area contributed by atoms with Crippen LogP contribution in [0.3, 0.4) is 0 Å². The van der Waals surface area contributed by atoms with Crippen LogP contribution < -0.4 is 0 Å². The van der Waals surface area contributed by atoms with Crippen LogP contribution in [0.15, 0.2) is 24.3 Å². The second-order valence-electron chi connectivity index (χ2n) is 9.04. The zero-order chi connectivity index (χ0) is 19.1. The molecule has 3 heterocycles. The second kappa shape index (κ2) is 7.60. The summed E-state index contributed by atoms with van der Waals surface area (Å²) in [5, 5.41) is 0.667. The van der Waals surface area contributed by atoms with E-state index in [4.69, 9.17) is 16.3 Å². The smallest absolute Gasteiger partial charge is 0.253 e. The molecule has 1 aromatic carbocycles. The molecule has 0 N–H and O–H groups in total. The van der Waals surface area contributed by atoms with Gasteiger partial charge in [-0.15, -0.1) is 0 Å². The third-order valence-electron chi connectivity index (χ3n) is 7.22. The number of carbonyl (C=O) groups excluding carboxylic acids is 1. The molecule has 1 aliphatic carbocycles. The Balaban J connectivity index is 1.34. The summed E-state index contributed by atoms with van der Waals surface area (Å²) in [6.07, 6.45) is 6.82. The molecule has 152 valence electrons. The van der Waals surface area contributed by atoms with Gasteiger partial charge >= 0.3 is 0 Å². The summed E-state index contributed by atoms with van der Waals surface area (Å²) in [6.45, 7) is 6.31. The lowest BCUT2D eigenvalue weighted by molar-refractivity contribution is -0.168. The standard InChI is InChI=1S/C22H30ClN3O2/c23-18-8-6-17(7-9-18)21(27)24-12-20-13-28-11-10-26(20)22(14-24)15-25(16-22)19-4-2-1-3-5-19/h6-9,19-20H,1-5,10-16H2/t20-/m1/s1. The van der Waals surface area contributed by atoms with Gasteiger partial charge in [0.05, 0.1) is 24.8 Å². The van der Waals surface area contributed by atoms with Crippen LogP contribution in [0.25, 0.3) is 0 Å². The first kappa shape index (κ1) is 18.9. The SMILES string of the molecule is O=C(c1ccc(Cl)cc1)N1C[C@@H]2COCCN2C2(C1)CN(C1CCCCC1)C2. The Morgan fingerprint density at radius 1 is 1.04 bits per heavy atom. The molecule has 0 bridgehead atoms. The summed E-state index contributed by atoms with van der Waals surface area (Å²) in [5.41, 5.74) is 0.833. The molecule has 1 atom stereocenters. The van der Waals surface area contributed by atoms with Crippen LogP contribution in [0.4, 0.5) is 0 Å². The van der Waals surface area contributed by atoms with Gasteiger partial charge in [-0.3, -0.25) is 14.6 Å². The van der Waals surface area contributed by atoms with Gasteiger partial charge in [0, 0.05) is 49.4 Å². The molecule has 1 saturated carbocycles. The van der Waals surface area contributed by atoms with Crippen LogP contribution in [-0.4, -0.2) is 84.2 Å².